The maximum atomic E-state index is 12.7. The summed E-state index contributed by atoms with van der Waals surface area (Å²) < 4.78 is 5.58. The van der Waals surface area contributed by atoms with Gasteiger partial charge in [-0.3, -0.25) is 9.78 Å². The molecule has 1 aliphatic rings. The van der Waals surface area contributed by atoms with E-state index in [9.17, 15) is 14.7 Å². The lowest BCUT2D eigenvalue weighted by Crippen LogP contribution is -2.45. The minimum atomic E-state index is -1.11. The lowest BCUT2D eigenvalue weighted by Gasteiger charge is -2.29. The third-order valence-corrected chi connectivity index (χ3v) is 5.54. The highest BCUT2D eigenvalue weighted by atomic mass is 16.5. The van der Waals surface area contributed by atoms with E-state index in [1.807, 2.05) is 36.4 Å². The molecule has 2 aromatic carbocycles. The van der Waals surface area contributed by atoms with Crippen LogP contribution in [0.5, 0.6) is 0 Å². The van der Waals surface area contributed by atoms with Crippen LogP contribution in [0.3, 0.4) is 0 Å². The van der Waals surface area contributed by atoms with Crippen LogP contribution in [0.15, 0.2) is 73.1 Å². The van der Waals surface area contributed by atoms with E-state index in [0.717, 1.165) is 22.3 Å². The van der Waals surface area contributed by atoms with Crippen LogP contribution in [0, 0.1) is 0 Å². The Hall–Kier alpha value is -3.67. The Labute approximate surface area is 174 Å². The second-order valence-electron chi connectivity index (χ2n) is 7.59. The van der Waals surface area contributed by atoms with Crippen molar-refractivity contribution in [1.82, 2.24) is 10.3 Å². The van der Waals surface area contributed by atoms with E-state index >= 15 is 0 Å². The number of benzene rings is 2. The molecule has 30 heavy (non-hydrogen) atoms. The molecule has 0 saturated heterocycles. The summed E-state index contributed by atoms with van der Waals surface area (Å²) in [7, 11) is 0. The van der Waals surface area contributed by atoms with Gasteiger partial charge in [-0.25, -0.2) is 4.79 Å². The maximum absolute atomic E-state index is 12.7. The molecule has 4 rings (SSSR count). The number of pyridine rings is 1. The SMILES string of the molecule is CC(CC(=O)O)(NC(=O)OCC1c2ccccc2-c2ccccc21)c1ccncc1. The number of hydrogen-bond acceptors (Lipinski definition) is 4. The van der Waals surface area contributed by atoms with E-state index in [2.05, 4.69) is 22.4 Å². The van der Waals surface area contributed by atoms with Crippen molar-refractivity contribution in [2.75, 3.05) is 6.61 Å². The second-order valence-corrected chi connectivity index (χ2v) is 7.59. The van der Waals surface area contributed by atoms with Crippen molar-refractivity contribution < 1.29 is 19.4 Å². The monoisotopic (exact) mass is 402 g/mol. The first-order valence-electron chi connectivity index (χ1n) is 9.73. The molecule has 1 heterocycles. The smallest absolute Gasteiger partial charge is 0.407 e. The van der Waals surface area contributed by atoms with Crippen LogP contribution in [0.25, 0.3) is 11.1 Å². The van der Waals surface area contributed by atoms with E-state index < -0.39 is 17.6 Å². The summed E-state index contributed by atoms with van der Waals surface area (Å²) >= 11 is 0. The number of alkyl carbamates (subject to hydrolysis) is 1. The van der Waals surface area contributed by atoms with Gasteiger partial charge in [0.25, 0.3) is 0 Å². The second kappa shape index (κ2) is 7.99. The molecule has 0 bridgehead atoms. The van der Waals surface area contributed by atoms with Crippen molar-refractivity contribution >= 4 is 12.1 Å². The Balaban J connectivity index is 1.51. The van der Waals surface area contributed by atoms with Crippen LogP contribution in [0.1, 0.15) is 36.0 Å². The first-order valence-corrected chi connectivity index (χ1v) is 9.73. The number of fused-ring (bicyclic) bond motifs is 3. The van der Waals surface area contributed by atoms with Crippen molar-refractivity contribution in [2.45, 2.75) is 24.8 Å². The van der Waals surface area contributed by atoms with Gasteiger partial charge in [-0.2, -0.15) is 0 Å². The van der Waals surface area contributed by atoms with Crippen LogP contribution in [-0.2, 0) is 15.1 Å². The molecule has 152 valence electrons. The van der Waals surface area contributed by atoms with Gasteiger partial charge in [0.1, 0.15) is 6.61 Å². The molecule has 2 N–H and O–H groups in total. The zero-order valence-electron chi connectivity index (χ0n) is 16.5. The number of carbonyl (C=O) groups excluding carboxylic acids is 1. The molecule has 0 spiro atoms. The quantitative estimate of drug-likeness (QED) is 0.641. The van der Waals surface area contributed by atoms with Crippen LogP contribution < -0.4 is 5.32 Å². The van der Waals surface area contributed by atoms with Crippen molar-refractivity contribution in [2.24, 2.45) is 0 Å². The first kappa shape index (κ1) is 19.6. The van der Waals surface area contributed by atoms with Crippen LogP contribution >= 0.6 is 0 Å². The summed E-state index contributed by atoms with van der Waals surface area (Å²) in [4.78, 5) is 28.0. The van der Waals surface area contributed by atoms with Gasteiger partial charge >= 0.3 is 12.1 Å². The predicted octanol–water partition coefficient (Wildman–Crippen LogP) is 4.31. The van der Waals surface area contributed by atoms with Gasteiger partial charge in [0.2, 0.25) is 0 Å². The van der Waals surface area contributed by atoms with Crippen molar-refractivity contribution in [3.63, 3.8) is 0 Å². The average molecular weight is 402 g/mol. The summed E-state index contributed by atoms with van der Waals surface area (Å²) in [5, 5.41) is 12.1. The summed E-state index contributed by atoms with van der Waals surface area (Å²) in [6.07, 6.45) is 2.20. The van der Waals surface area contributed by atoms with Crippen LogP contribution in [0.4, 0.5) is 4.79 Å². The highest BCUT2D eigenvalue weighted by molar-refractivity contribution is 5.79. The number of carboxylic acids is 1. The van der Waals surface area contributed by atoms with Gasteiger partial charge in [0.15, 0.2) is 0 Å². The molecule has 6 heteroatoms. The molecule has 1 aromatic heterocycles. The maximum Gasteiger partial charge on any atom is 0.407 e. The summed E-state index contributed by atoms with van der Waals surface area (Å²) in [5.41, 5.74) is 4.07. The highest BCUT2D eigenvalue weighted by Crippen LogP contribution is 2.44. The van der Waals surface area contributed by atoms with Gasteiger partial charge in [0.05, 0.1) is 12.0 Å². The lowest BCUT2D eigenvalue weighted by atomic mass is 9.89. The molecule has 0 fully saturated rings. The summed E-state index contributed by atoms with van der Waals surface area (Å²) in [6.45, 7) is 1.83. The largest absolute Gasteiger partial charge is 0.481 e. The third-order valence-electron chi connectivity index (χ3n) is 5.54. The number of carbonyl (C=O) groups is 2. The minimum absolute atomic E-state index is 0.0604. The fraction of sp³-hybridized carbons (Fsp3) is 0.208. The van der Waals surface area contributed by atoms with Gasteiger partial charge < -0.3 is 15.2 Å². The minimum Gasteiger partial charge on any atom is -0.481 e. The molecule has 0 saturated carbocycles. The molecular weight excluding hydrogens is 380 g/mol. The van der Waals surface area contributed by atoms with E-state index in [1.54, 1.807) is 31.5 Å². The van der Waals surface area contributed by atoms with Crippen molar-refractivity contribution in [3.8, 4) is 11.1 Å². The lowest BCUT2D eigenvalue weighted by molar-refractivity contribution is -0.138. The number of carboxylic acid groups (broad SMARTS) is 1. The Morgan fingerprint density at radius 3 is 2.13 bits per heavy atom. The van der Waals surface area contributed by atoms with Crippen molar-refractivity contribution in [1.29, 1.82) is 0 Å². The Kier molecular flexibility index (Phi) is 5.23. The number of aromatic nitrogens is 1. The van der Waals surface area contributed by atoms with Crippen LogP contribution in [-0.4, -0.2) is 28.8 Å². The fourth-order valence-electron chi connectivity index (χ4n) is 4.10. The normalized spacial score (nSPS) is 14.3. The highest BCUT2D eigenvalue weighted by Gasteiger charge is 2.33. The predicted molar refractivity (Wildman–Crippen MR) is 112 cm³/mol. The molecule has 3 aromatic rings. The number of ether oxygens (including phenoxy) is 1. The Bertz CT molecular complexity index is 1040. The number of nitrogens with one attached hydrogen (secondary N) is 1. The number of nitrogens with zero attached hydrogens (tertiary/aromatic N) is 1. The van der Waals surface area contributed by atoms with Gasteiger partial charge in [0, 0.05) is 18.3 Å². The number of amides is 1. The number of hydrogen-bond donors (Lipinski definition) is 2. The average Bonchev–Trinajstić information content (AvgIpc) is 3.06. The molecule has 1 amide bonds. The molecule has 6 nitrogen and oxygen atoms in total. The van der Waals surface area contributed by atoms with Crippen molar-refractivity contribution in [3.05, 3.63) is 89.7 Å². The molecular formula is C24H22N2O4. The molecule has 1 unspecified atom stereocenters. The standard InChI is InChI=1S/C24H22N2O4/c1-24(14-22(27)28,16-10-12-25-13-11-16)26-23(29)30-15-21-19-8-4-2-6-17(19)18-7-3-5-9-20(18)21/h2-13,21H,14-15H2,1H3,(H,26,29)(H,27,28). The third kappa shape index (κ3) is 3.76. The van der Waals surface area contributed by atoms with E-state index in [-0.39, 0.29) is 18.9 Å². The zero-order chi connectivity index (χ0) is 21.1. The van der Waals surface area contributed by atoms with Crippen LogP contribution in [0.2, 0.25) is 0 Å². The molecule has 0 aliphatic heterocycles. The number of rotatable bonds is 6. The van der Waals surface area contributed by atoms with E-state index in [1.165, 1.54) is 0 Å². The first-order chi connectivity index (χ1) is 14.5. The molecule has 1 aliphatic carbocycles. The van der Waals surface area contributed by atoms with E-state index in [4.69, 9.17) is 4.74 Å². The zero-order valence-corrected chi connectivity index (χ0v) is 16.5. The topological polar surface area (TPSA) is 88.5 Å². The van der Waals surface area contributed by atoms with Gasteiger partial charge in [-0.1, -0.05) is 48.5 Å². The number of aliphatic carboxylic acids is 1. The van der Waals surface area contributed by atoms with Gasteiger partial charge in [-0.15, -0.1) is 0 Å². The summed E-state index contributed by atoms with van der Waals surface area (Å²) in [5.74, 6) is -1.08. The molecule has 0 radical (unpaired) electrons. The molecule has 1 atom stereocenters. The Morgan fingerprint density at radius 2 is 1.57 bits per heavy atom. The fourth-order valence-corrected chi connectivity index (χ4v) is 4.10. The van der Waals surface area contributed by atoms with E-state index in [0.29, 0.717) is 5.56 Å². The Morgan fingerprint density at radius 1 is 1.00 bits per heavy atom. The summed E-state index contributed by atoms with van der Waals surface area (Å²) in [6, 6.07) is 19.6. The van der Waals surface area contributed by atoms with Gasteiger partial charge in [-0.05, 0) is 46.9 Å².